The summed E-state index contributed by atoms with van der Waals surface area (Å²) in [4.78, 5) is 19.9. The first-order chi connectivity index (χ1) is 12.9. The SMILES string of the molecule is Cc1cc(C(=O)CSc2ccc(S(=O)(=O)N3CCCCCC3)cn2)c(C)[nH]1. The zero-order chi connectivity index (χ0) is 19.4. The van der Waals surface area contributed by atoms with E-state index in [0.717, 1.165) is 37.1 Å². The van der Waals surface area contributed by atoms with Crippen molar-refractivity contribution in [2.75, 3.05) is 18.8 Å². The topological polar surface area (TPSA) is 83.1 Å². The highest BCUT2D eigenvalue weighted by Gasteiger charge is 2.25. The number of carbonyl (C=O) groups excluding carboxylic acids is 1. The van der Waals surface area contributed by atoms with Gasteiger partial charge in [-0.3, -0.25) is 4.79 Å². The Morgan fingerprint density at radius 2 is 1.89 bits per heavy atom. The highest BCUT2D eigenvalue weighted by molar-refractivity contribution is 7.99. The molecule has 0 atom stereocenters. The number of aryl methyl sites for hydroxylation is 2. The van der Waals surface area contributed by atoms with Crippen molar-refractivity contribution in [2.24, 2.45) is 0 Å². The van der Waals surface area contributed by atoms with Crippen molar-refractivity contribution < 1.29 is 13.2 Å². The predicted octanol–water partition coefficient (Wildman–Crippen LogP) is 3.57. The van der Waals surface area contributed by atoms with E-state index in [9.17, 15) is 13.2 Å². The highest BCUT2D eigenvalue weighted by Crippen LogP contribution is 2.23. The van der Waals surface area contributed by atoms with Crippen LogP contribution in [0.3, 0.4) is 0 Å². The van der Waals surface area contributed by atoms with Gasteiger partial charge >= 0.3 is 0 Å². The number of pyridine rings is 1. The minimum Gasteiger partial charge on any atom is -0.362 e. The van der Waals surface area contributed by atoms with E-state index in [4.69, 9.17) is 0 Å². The maximum Gasteiger partial charge on any atom is 0.244 e. The van der Waals surface area contributed by atoms with E-state index in [-0.39, 0.29) is 16.4 Å². The van der Waals surface area contributed by atoms with Crippen molar-refractivity contribution in [1.82, 2.24) is 14.3 Å². The van der Waals surface area contributed by atoms with Crippen LogP contribution < -0.4 is 0 Å². The highest BCUT2D eigenvalue weighted by atomic mass is 32.2. The molecule has 3 rings (SSSR count). The summed E-state index contributed by atoms with van der Waals surface area (Å²) in [5.41, 5.74) is 2.52. The van der Waals surface area contributed by atoms with Crippen molar-refractivity contribution in [3.63, 3.8) is 0 Å². The minimum atomic E-state index is -3.49. The number of thioether (sulfide) groups is 1. The Bertz CT molecular complexity index is 897. The summed E-state index contributed by atoms with van der Waals surface area (Å²) in [6.45, 7) is 4.94. The Labute approximate surface area is 164 Å². The third-order valence-corrected chi connectivity index (χ3v) is 7.54. The quantitative estimate of drug-likeness (QED) is 0.585. The molecule has 6 nitrogen and oxygen atoms in total. The van der Waals surface area contributed by atoms with Gasteiger partial charge in [0.1, 0.15) is 4.90 Å². The Morgan fingerprint density at radius 1 is 1.19 bits per heavy atom. The third kappa shape index (κ3) is 4.80. The fourth-order valence-corrected chi connectivity index (χ4v) is 5.46. The molecule has 0 bridgehead atoms. The normalized spacial score (nSPS) is 16.2. The minimum absolute atomic E-state index is 0.0323. The van der Waals surface area contributed by atoms with E-state index in [1.54, 1.807) is 16.4 Å². The van der Waals surface area contributed by atoms with Crippen LogP contribution in [0.15, 0.2) is 34.3 Å². The average Bonchev–Trinajstić information content (AvgIpc) is 2.85. The second-order valence-corrected chi connectivity index (χ2v) is 9.79. The molecular weight excluding hydrogens is 382 g/mol. The lowest BCUT2D eigenvalue weighted by Gasteiger charge is -2.19. The average molecular weight is 408 g/mol. The Balaban J connectivity index is 1.64. The summed E-state index contributed by atoms with van der Waals surface area (Å²) in [5, 5.41) is 0.642. The van der Waals surface area contributed by atoms with Gasteiger partial charge in [0.15, 0.2) is 5.78 Å². The van der Waals surface area contributed by atoms with Gasteiger partial charge in [0.05, 0.1) is 10.8 Å². The van der Waals surface area contributed by atoms with E-state index in [1.165, 1.54) is 18.0 Å². The molecule has 1 fully saturated rings. The molecule has 0 amide bonds. The standard InChI is InChI=1S/C19H25N3O3S2/c1-14-11-17(15(2)21-14)18(23)13-26-19-8-7-16(12-20-19)27(24,25)22-9-5-3-4-6-10-22/h7-8,11-12,21H,3-6,9-10,13H2,1-2H3. The van der Waals surface area contributed by atoms with Gasteiger partial charge in [0.25, 0.3) is 0 Å². The summed E-state index contributed by atoms with van der Waals surface area (Å²) >= 11 is 1.32. The first-order valence-corrected chi connectivity index (χ1v) is 11.6. The van der Waals surface area contributed by atoms with Crippen molar-refractivity contribution in [3.8, 4) is 0 Å². The van der Waals surface area contributed by atoms with Crippen LogP contribution in [0.5, 0.6) is 0 Å². The van der Waals surface area contributed by atoms with Gasteiger partial charge < -0.3 is 4.98 Å². The lowest BCUT2D eigenvalue weighted by Crippen LogP contribution is -2.32. The predicted molar refractivity (Wildman–Crippen MR) is 107 cm³/mol. The van der Waals surface area contributed by atoms with Gasteiger partial charge in [0, 0.05) is 36.2 Å². The lowest BCUT2D eigenvalue weighted by atomic mass is 10.2. The molecule has 1 aliphatic heterocycles. The number of ketones is 1. The second-order valence-electron chi connectivity index (χ2n) is 6.85. The largest absolute Gasteiger partial charge is 0.362 e. The van der Waals surface area contributed by atoms with Crippen LogP contribution in [-0.4, -0.2) is 47.3 Å². The van der Waals surface area contributed by atoms with E-state index in [1.807, 2.05) is 19.9 Å². The number of Topliss-reactive ketones (excluding diaryl/α,β-unsaturated/α-hetero) is 1. The van der Waals surface area contributed by atoms with Crippen LogP contribution in [0.1, 0.15) is 47.4 Å². The molecule has 8 heteroatoms. The summed E-state index contributed by atoms with van der Waals surface area (Å²) in [6, 6.07) is 5.12. The second kappa shape index (κ2) is 8.58. The van der Waals surface area contributed by atoms with Gasteiger partial charge in [-0.05, 0) is 44.9 Å². The molecule has 1 aliphatic rings. The molecule has 0 aliphatic carbocycles. The Kier molecular flexibility index (Phi) is 6.39. The molecule has 0 saturated carbocycles. The van der Waals surface area contributed by atoms with Crippen LogP contribution in [0.2, 0.25) is 0 Å². The molecule has 146 valence electrons. The zero-order valence-electron chi connectivity index (χ0n) is 15.7. The van der Waals surface area contributed by atoms with Crippen LogP contribution >= 0.6 is 11.8 Å². The fourth-order valence-electron chi connectivity index (χ4n) is 3.27. The van der Waals surface area contributed by atoms with Crippen molar-refractivity contribution in [1.29, 1.82) is 0 Å². The number of rotatable bonds is 6. The molecule has 0 aromatic carbocycles. The van der Waals surface area contributed by atoms with Crippen LogP contribution in [-0.2, 0) is 10.0 Å². The van der Waals surface area contributed by atoms with E-state index in [0.29, 0.717) is 23.7 Å². The summed E-state index contributed by atoms with van der Waals surface area (Å²) in [5.74, 6) is 0.300. The number of nitrogens with zero attached hydrogens (tertiary/aromatic N) is 2. The van der Waals surface area contributed by atoms with Gasteiger partial charge in [-0.25, -0.2) is 13.4 Å². The molecule has 1 N–H and O–H groups in total. The maximum absolute atomic E-state index is 12.8. The maximum atomic E-state index is 12.8. The monoisotopic (exact) mass is 407 g/mol. The summed E-state index contributed by atoms with van der Waals surface area (Å²) < 4.78 is 27.1. The number of hydrogen-bond donors (Lipinski definition) is 1. The molecule has 1 saturated heterocycles. The van der Waals surface area contributed by atoms with Crippen molar-refractivity contribution in [2.45, 2.75) is 49.5 Å². The summed E-state index contributed by atoms with van der Waals surface area (Å²) in [6.07, 6.45) is 5.36. The van der Waals surface area contributed by atoms with E-state index >= 15 is 0 Å². The number of nitrogens with one attached hydrogen (secondary N) is 1. The van der Waals surface area contributed by atoms with Crippen molar-refractivity contribution >= 4 is 27.6 Å². The first-order valence-electron chi connectivity index (χ1n) is 9.16. The van der Waals surface area contributed by atoms with Gasteiger partial charge in [0.2, 0.25) is 10.0 Å². The Morgan fingerprint density at radius 3 is 2.44 bits per heavy atom. The molecule has 0 unspecified atom stereocenters. The van der Waals surface area contributed by atoms with Gasteiger partial charge in [-0.2, -0.15) is 4.31 Å². The number of aromatic amines is 1. The van der Waals surface area contributed by atoms with E-state index < -0.39 is 10.0 Å². The van der Waals surface area contributed by atoms with Crippen molar-refractivity contribution in [3.05, 3.63) is 41.3 Å². The number of hydrogen-bond acceptors (Lipinski definition) is 5. The molecule has 0 spiro atoms. The van der Waals surface area contributed by atoms with Crippen LogP contribution in [0.25, 0.3) is 0 Å². The van der Waals surface area contributed by atoms with Gasteiger partial charge in [-0.15, -0.1) is 0 Å². The smallest absolute Gasteiger partial charge is 0.244 e. The number of carbonyl (C=O) groups is 1. The van der Waals surface area contributed by atoms with Crippen LogP contribution in [0, 0.1) is 13.8 Å². The van der Waals surface area contributed by atoms with Gasteiger partial charge in [-0.1, -0.05) is 24.6 Å². The molecule has 2 aromatic rings. The molecule has 27 heavy (non-hydrogen) atoms. The number of sulfonamides is 1. The molecule has 3 heterocycles. The third-order valence-electron chi connectivity index (χ3n) is 4.71. The molecule has 0 radical (unpaired) electrons. The Hall–Kier alpha value is -1.64. The van der Waals surface area contributed by atoms with E-state index in [2.05, 4.69) is 9.97 Å². The summed E-state index contributed by atoms with van der Waals surface area (Å²) in [7, 11) is -3.49. The van der Waals surface area contributed by atoms with Crippen LogP contribution in [0.4, 0.5) is 0 Å². The first kappa shape index (κ1) is 20.1. The molecule has 2 aromatic heterocycles. The lowest BCUT2D eigenvalue weighted by molar-refractivity contribution is 0.102. The zero-order valence-corrected chi connectivity index (χ0v) is 17.3. The number of aromatic nitrogens is 2. The molecular formula is C19H25N3O3S2. The number of H-pyrrole nitrogens is 1. The fraction of sp³-hybridized carbons (Fsp3) is 0.474.